The van der Waals surface area contributed by atoms with Crippen LogP contribution >= 0.6 is 11.6 Å². The first-order valence-electron chi connectivity index (χ1n) is 5.23. The van der Waals surface area contributed by atoms with Gasteiger partial charge < -0.3 is 9.84 Å². The van der Waals surface area contributed by atoms with Gasteiger partial charge in [0.2, 0.25) is 0 Å². The van der Waals surface area contributed by atoms with Gasteiger partial charge in [-0.05, 0) is 37.0 Å². The van der Waals surface area contributed by atoms with Gasteiger partial charge in [-0.1, -0.05) is 17.7 Å². The van der Waals surface area contributed by atoms with Gasteiger partial charge in [0.15, 0.2) is 0 Å². The van der Waals surface area contributed by atoms with E-state index in [0.29, 0.717) is 23.6 Å². The van der Waals surface area contributed by atoms with E-state index in [1.165, 1.54) is 0 Å². The van der Waals surface area contributed by atoms with Crippen molar-refractivity contribution in [3.63, 3.8) is 0 Å². The van der Waals surface area contributed by atoms with Gasteiger partial charge in [-0.15, -0.1) is 0 Å². The maximum absolute atomic E-state index is 10.9. The number of benzene rings is 1. The Kier molecular flexibility index (Phi) is 3.06. The number of hydrogen-bond donors (Lipinski definition) is 1. The van der Waals surface area contributed by atoms with Crippen LogP contribution in [0.15, 0.2) is 12.1 Å². The molecule has 4 heteroatoms. The zero-order valence-corrected chi connectivity index (χ0v) is 9.75. The smallest absolute Gasteiger partial charge is 0.309 e. The number of carboxylic acids is 1. The van der Waals surface area contributed by atoms with Gasteiger partial charge in [0.1, 0.15) is 12.4 Å². The van der Waals surface area contributed by atoms with Crippen LogP contribution in [-0.4, -0.2) is 17.7 Å². The molecule has 1 heterocycles. The summed E-state index contributed by atoms with van der Waals surface area (Å²) in [7, 11) is 0. The van der Waals surface area contributed by atoms with Crippen LogP contribution < -0.4 is 4.74 Å². The number of carbonyl (C=O) groups is 1. The van der Waals surface area contributed by atoms with Crippen LogP contribution in [0.25, 0.3) is 0 Å². The number of halogens is 1. The molecule has 0 spiro atoms. The van der Waals surface area contributed by atoms with Gasteiger partial charge in [0.25, 0.3) is 0 Å². The van der Waals surface area contributed by atoms with E-state index in [4.69, 9.17) is 21.4 Å². The minimum absolute atomic E-state index is 0.200. The van der Waals surface area contributed by atoms with Crippen molar-refractivity contribution in [1.82, 2.24) is 0 Å². The van der Waals surface area contributed by atoms with E-state index in [0.717, 1.165) is 11.1 Å². The molecule has 1 atom stereocenters. The maximum Gasteiger partial charge on any atom is 0.309 e. The minimum Gasteiger partial charge on any atom is -0.491 e. The largest absolute Gasteiger partial charge is 0.491 e. The molecular formula is C12H13ClO3. The molecule has 1 aromatic rings. The molecule has 0 fully saturated rings. The Hall–Kier alpha value is -1.22. The first kappa shape index (κ1) is 11.3. The second-order valence-corrected chi connectivity index (χ2v) is 4.46. The molecule has 0 aromatic heterocycles. The average molecular weight is 241 g/mol. The topological polar surface area (TPSA) is 46.5 Å². The quantitative estimate of drug-likeness (QED) is 0.821. The summed E-state index contributed by atoms with van der Waals surface area (Å²) in [5, 5.41) is 9.53. The summed E-state index contributed by atoms with van der Waals surface area (Å²) in [5.41, 5.74) is 2.14. The van der Waals surface area contributed by atoms with Crippen LogP contribution in [0.1, 0.15) is 17.5 Å². The second kappa shape index (κ2) is 4.34. The predicted octanol–water partition coefficient (Wildman–Crippen LogP) is 2.67. The molecule has 3 nitrogen and oxygen atoms in total. The molecule has 1 unspecified atom stereocenters. The number of hydrogen-bond acceptors (Lipinski definition) is 2. The molecule has 1 aliphatic heterocycles. The van der Waals surface area contributed by atoms with Gasteiger partial charge in [0, 0.05) is 0 Å². The summed E-state index contributed by atoms with van der Waals surface area (Å²) in [5.74, 6) is -0.588. The fourth-order valence-electron chi connectivity index (χ4n) is 1.95. The molecule has 0 bridgehead atoms. The first-order valence-corrected chi connectivity index (χ1v) is 5.61. The Labute approximate surface area is 99.0 Å². The van der Waals surface area contributed by atoms with Gasteiger partial charge in [0.05, 0.1) is 10.9 Å². The summed E-state index contributed by atoms with van der Waals surface area (Å²) >= 11 is 6.04. The van der Waals surface area contributed by atoms with Crippen molar-refractivity contribution in [2.45, 2.75) is 19.8 Å². The summed E-state index contributed by atoms with van der Waals surface area (Å²) in [4.78, 5) is 10.9. The van der Waals surface area contributed by atoms with E-state index in [1.807, 2.05) is 13.0 Å². The van der Waals surface area contributed by atoms with E-state index in [-0.39, 0.29) is 6.61 Å². The molecule has 0 saturated carbocycles. The highest BCUT2D eigenvalue weighted by Crippen LogP contribution is 2.35. The third kappa shape index (κ3) is 2.00. The summed E-state index contributed by atoms with van der Waals surface area (Å²) in [6.45, 7) is 2.19. The van der Waals surface area contributed by atoms with Crippen molar-refractivity contribution < 1.29 is 14.6 Å². The zero-order chi connectivity index (χ0) is 11.7. The van der Waals surface area contributed by atoms with Gasteiger partial charge in [-0.2, -0.15) is 0 Å². The van der Waals surface area contributed by atoms with Crippen LogP contribution in [0.3, 0.4) is 0 Å². The van der Waals surface area contributed by atoms with Crippen molar-refractivity contribution in [3.05, 3.63) is 28.3 Å². The molecule has 0 aliphatic carbocycles. The van der Waals surface area contributed by atoms with Crippen molar-refractivity contribution in [1.29, 1.82) is 0 Å². The van der Waals surface area contributed by atoms with E-state index < -0.39 is 11.9 Å². The summed E-state index contributed by atoms with van der Waals surface area (Å²) in [6, 6.07) is 3.72. The van der Waals surface area contributed by atoms with Crippen molar-refractivity contribution in [3.8, 4) is 5.75 Å². The Morgan fingerprint density at radius 1 is 1.56 bits per heavy atom. The molecule has 0 radical (unpaired) electrons. The number of carboxylic acid groups (broad SMARTS) is 1. The van der Waals surface area contributed by atoms with E-state index in [1.54, 1.807) is 6.07 Å². The highest BCUT2D eigenvalue weighted by Gasteiger charge is 2.24. The van der Waals surface area contributed by atoms with Crippen molar-refractivity contribution in [2.75, 3.05) is 6.61 Å². The lowest BCUT2D eigenvalue weighted by atomic mass is 9.98. The fourth-order valence-corrected chi connectivity index (χ4v) is 2.18. The monoisotopic (exact) mass is 240 g/mol. The van der Waals surface area contributed by atoms with E-state index in [9.17, 15) is 4.79 Å². The number of aryl methyl sites for hydroxylation is 1. The Morgan fingerprint density at radius 3 is 3.00 bits per heavy atom. The molecule has 2 rings (SSSR count). The van der Waals surface area contributed by atoms with Crippen LogP contribution in [-0.2, 0) is 11.2 Å². The molecule has 1 aliphatic rings. The Balaban J connectivity index is 2.33. The van der Waals surface area contributed by atoms with Gasteiger partial charge in [-0.3, -0.25) is 4.79 Å². The standard InChI is InChI=1S/C12H13ClO3/c1-7-2-5-10(13)11-9(7)4-3-8(6-16-11)12(14)15/h2,5,8H,3-4,6H2,1H3,(H,14,15). The lowest BCUT2D eigenvalue weighted by Crippen LogP contribution is -2.20. The zero-order valence-electron chi connectivity index (χ0n) is 9.00. The molecule has 0 amide bonds. The van der Waals surface area contributed by atoms with Crippen molar-refractivity contribution in [2.24, 2.45) is 5.92 Å². The average Bonchev–Trinajstić information content (AvgIpc) is 2.46. The number of rotatable bonds is 1. The van der Waals surface area contributed by atoms with Crippen LogP contribution in [0.5, 0.6) is 5.75 Å². The Morgan fingerprint density at radius 2 is 2.31 bits per heavy atom. The number of aliphatic carboxylic acids is 1. The van der Waals surface area contributed by atoms with E-state index >= 15 is 0 Å². The van der Waals surface area contributed by atoms with E-state index in [2.05, 4.69) is 0 Å². The normalized spacial score (nSPS) is 19.5. The fraction of sp³-hybridized carbons (Fsp3) is 0.417. The minimum atomic E-state index is -0.804. The SMILES string of the molecule is Cc1ccc(Cl)c2c1CCC(C(=O)O)CO2. The van der Waals surface area contributed by atoms with Crippen LogP contribution in [0, 0.1) is 12.8 Å². The van der Waals surface area contributed by atoms with Crippen molar-refractivity contribution >= 4 is 17.6 Å². The predicted molar refractivity (Wildman–Crippen MR) is 61.1 cm³/mol. The molecular weight excluding hydrogens is 228 g/mol. The summed E-state index contributed by atoms with van der Waals surface area (Å²) in [6.07, 6.45) is 1.31. The third-order valence-electron chi connectivity index (χ3n) is 2.97. The van der Waals surface area contributed by atoms with Crippen LogP contribution in [0.2, 0.25) is 5.02 Å². The third-order valence-corrected chi connectivity index (χ3v) is 3.27. The molecule has 86 valence electrons. The molecule has 1 N–H and O–H groups in total. The molecule has 16 heavy (non-hydrogen) atoms. The van der Waals surface area contributed by atoms with Gasteiger partial charge in [-0.25, -0.2) is 0 Å². The lowest BCUT2D eigenvalue weighted by molar-refractivity contribution is -0.142. The van der Waals surface area contributed by atoms with Crippen LogP contribution in [0.4, 0.5) is 0 Å². The number of ether oxygens (including phenoxy) is 1. The first-order chi connectivity index (χ1) is 7.59. The Bertz CT molecular complexity index is 396. The highest BCUT2D eigenvalue weighted by molar-refractivity contribution is 6.32. The molecule has 0 saturated heterocycles. The second-order valence-electron chi connectivity index (χ2n) is 4.06. The summed E-state index contributed by atoms with van der Waals surface area (Å²) < 4.78 is 5.52. The lowest BCUT2D eigenvalue weighted by Gasteiger charge is -2.11. The highest BCUT2D eigenvalue weighted by atomic mass is 35.5. The maximum atomic E-state index is 10.9. The molecule has 1 aromatic carbocycles. The number of fused-ring (bicyclic) bond motifs is 1. The van der Waals surface area contributed by atoms with Gasteiger partial charge >= 0.3 is 5.97 Å².